The predicted octanol–water partition coefficient (Wildman–Crippen LogP) is 4.32. The van der Waals surface area contributed by atoms with Crippen LogP contribution in [0.5, 0.6) is 0 Å². The van der Waals surface area contributed by atoms with Crippen LogP contribution in [0.4, 0.5) is 4.39 Å². The molecule has 0 fully saturated rings. The smallest absolute Gasteiger partial charge is 0.253 e. The Kier molecular flexibility index (Phi) is 4.41. The second kappa shape index (κ2) is 6.08. The molecule has 0 aliphatic heterocycles. The minimum Gasteiger partial charge on any atom is -0.345 e. The first-order chi connectivity index (χ1) is 9.90. The first-order valence-electron chi connectivity index (χ1n) is 7.01. The molecule has 0 atom stereocenters. The summed E-state index contributed by atoms with van der Waals surface area (Å²) < 4.78 is 13.5. The Morgan fingerprint density at radius 1 is 1.05 bits per heavy atom. The molecule has 2 aromatic rings. The van der Waals surface area contributed by atoms with Gasteiger partial charge in [0.2, 0.25) is 0 Å². The summed E-state index contributed by atoms with van der Waals surface area (Å²) in [6, 6.07) is 12.2. The summed E-state index contributed by atoms with van der Waals surface area (Å²) in [7, 11) is 3.44. The van der Waals surface area contributed by atoms with Gasteiger partial charge >= 0.3 is 0 Å². The quantitative estimate of drug-likeness (QED) is 0.822. The fraction of sp³-hybridized carbons (Fsp3) is 0.278. The molecule has 2 rings (SSSR count). The van der Waals surface area contributed by atoms with Gasteiger partial charge in [-0.05, 0) is 46.9 Å². The number of benzene rings is 2. The van der Waals surface area contributed by atoms with E-state index in [9.17, 15) is 9.18 Å². The molecule has 2 nitrogen and oxygen atoms in total. The van der Waals surface area contributed by atoms with E-state index in [0.29, 0.717) is 11.5 Å². The van der Waals surface area contributed by atoms with Gasteiger partial charge in [-0.25, -0.2) is 4.39 Å². The van der Waals surface area contributed by atoms with E-state index in [0.717, 1.165) is 16.7 Å². The number of carbonyl (C=O) groups is 1. The van der Waals surface area contributed by atoms with Crippen molar-refractivity contribution in [2.45, 2.75) is 19.8 Å². The highest BCUT2D eigenvalue weighted by Crippen LogP contribution is 2.30. The van der Waals surface area contributed by atoms with E-state index in [1.165, 1.54) is 11.0 Å². The summed E-state index contributed by atoms with van der Waals surface area (Å²) >= 11 is 0. The average Bonchev–Trinajstić information content (AvgIpc) is 2.46. The number of carbonyl (C=O) groups excluding carboxylic acids is 1. The fourth-order valence-electron chi connectivity index (χ4n) is 2.33. The van der Waals surface area contributed by atoms with Gasteiger partial charge < -0.3 is 4.90 Å². The lowest BCUT2D eigenvalue weighted by Gasteiger charge is -2.14. The molecule has 1 amide bonds. The van der Waals surface area contributed by atoms with Crippen molar-refractivity contribution in [3.63, 3.8) is 0 Å². The first-order valence-corrected chi connectivity index (χ1v) is 7.01. The van der Waals surface area contributed by atoms with Gasteiger partial charge in [-0.1, -0.05) is 32.0 Å². The largest absolute Gasteiger partial charge is 0.345 e. The van der Waals surface area contributed by atoms with Crippen molar-refractivity contribution in [3.05, 3.63) is 59.4 Å². The molecular formula is C18H20FNO. The Hall–Kier alpha value is -2.16. The van der Waals surface area contributed by atoms with Crippen molar-refractivity contribution in [1.29, 1.82) is 0 Å². The number of hydrogen-bond acceptors (Lipinski definition) is 1. The summed E-state index contributed by atoms with van der Waals surface area (Å²) in [5, 5.41) is 0. The topological polar surface area (TPSA) is 20.3 Å². The van der Waals surface area contributed by atoms with Crippen LogP contribution in [0.25, 0.3) is 11.1 Å². The van der Waals surface area contributed by atoms with Crippen molar-refractivity contribution in [2.75, 3.05) is 14.1 Å². The molecule has 0 radical (unpaired) electrons. The van der Waals surface area contributed by atoms with Gasteiger partial charge in [0.25, 0.3) is 5.91 Å². The van der Waals surface area contributed by atoms with Gasteiger partial charge in [0.05, 0.1) is 0 Å². The fourth-order valence-corrected chi connectivity index (χ4v) is 2.33. The minimum atomic E-state index is -0.247. The Morgan fingerprint density at radius 2 is 1.67 bits per heavy atom. The summed E-state index contributed by atoms with van der Waals surface area (Å²) in [6.07, 6.45) is 0. The average molecular weight is 285 g/mol. The number of nitrogens with zero attached hydrogens (tertiary/aromatic N) is 1. The third kappa shape index (κ3) is 3.30. The Balaban J connectivity index is 2.44. The number of hydrogen-bond donors (Lipinski definition) is 0. The van der Waals surface area contributed by atoms with Crippen LogP contribution in [0.15, 0.2) is 42.5 Å². The maximum atomic E-state index is 13.5. The molecule has 0 unspecified atom stereocenters. The van der Waals surface area contributed by atoms with Crippen LogP contribution in [0.3, 0.4) is 0 Å². The molecule has 110 valence electrons. The molecule has 0 bridgehead atoms. The van der Waals surface area contributed by atoms with Crippen LogP contribution in [0.2, 0.25) is 0 Å². The zero-order valence-corrected chi connectivity index (χ0v) is 12.9. The van der Waals surface area contributed by atoms with E-state index in [1.54, 1.807) is 32.3 Å². The third-order valence-electron chi connectivity index (χ3n) is 3.49. The zero-order valence-electron chi connectivity index (χ0n) is 12.9. The van der Waals surface area contributed by atoms with Gasteiger partial charge in [0, 0.05) is 19.7 Å². The monoisotopic (exact) mass is 285 g/mol. The molecule has 0 aliphatic rings. The number of amides is 1. The van der Waals surface area contributed by atoms with Crippen LogP contribution in [0.1, 0.15) is 35.7 Å². The van der Waals surface area contributed by atoms with E-state index < -0.39 is 0 Å². The zero-order chi connectivity index (χ0) is 15.6. The molecular weight excluding hydrogens is 265 g/mol. The lowest BCUT2D eigenvalue weighted by atomic mass is 9.92. The van der Waals surface area contributed by atoms with E-state index in [-0.39, 0.29) is 11.7 Å². The predicted molar refractivity (Wildman–Crippen MR) is 83.9 cm³/mol. The molecule has 0 spiro atoms. The van der Waals surface area contributed by atoms with Gasteiger partial charge in [0.15, 0.2) is 0 Å². The van der Waals surface area contributed by atoms with Crippen molar-refractivity contribution >= 4 is 5.91 Å². The van der Waals surface area contributed by atoms with Crippen LogP contribution in [0, 0.1) is 5.82 Å². The Morgan fingerprint density at radius 3 is 2.19 bits per heavy atom. The highest BCUT2D eigenvalue weighted by Gasteiger charge is 2.12. The van der Waals surface area contributed by atoms with Gasteiger partial charge in [-0.15, -0.1) is 0 Å². The Labute approximate surface area is 125 Å². The van der Waals surface area contributed by atoms with Crippen LogP contribution in [-0.4, -0.2) is 24.9 Å². The molecule has 3 heteroatoms. The van der Waals surface area contributed by atoms with Crippen molar-refractivity contribution in [1.82, 2.24) is 4.90 Å². The molecule has 21 heavy (non-hydrogen) atoms. The SMILES string of the molecule is CC(C)c1ccc(F)cc1-c1ccc(C(=O)N(C)C)cc1. The minimum absolute atomic E-state index is 0.0372. The molecule has 0 aliphatic carbocycles. The normalized spacial score (nSPS) is 10.8. The van der Waals surface area contributed by atoms with Gasteiger partial charge in [-0.2, -0.15) is 0 Å². The molecule has 0 saturated heterocycles. The van der Waals surface area contributed by atoms with Crippen molar-refractivity contribution < 1.29 is 9.18 Å². The van der Waals surface area contributed by atoms with Crippen molar-refractivity contribution in [3.8, 4) is 11.1 Å². The number of halogens is 1. The Bertz CT molecular complexity index is 645. The molecule has 2 aromatic carbocycles. The van der Waals surface area contributed by atoms with E-state index in [1.807, 2.05) is 18.2 Å². The highest BCUT2D eigenvalue weighted by atomic mass is 19.1. The third-order valence-corrected chi connectivity index (χ3v) is 3.49. The maximum absolute atomic E-state index is 13.5. The lowest BCUT2D eigenvalue weighted by Crippen LogP contribution is -2.21. The van der Waals surface area contributed by atoms with Crippen LogP contribution < -0.4 is 0 Å². The van der Waals surface area contributed by atoms with Gasteiger partial charge in [-0.3, -0.25) is 4.79 Å². The highest BCUT2D eigenvalue weighted by molar-refractivity contribution is 5.94. The standard InChI is InChI=1S/C18H20FNO/c1-12(2)16-10-9-15(19)11-17(16)13-5-7-14(8-6-13)18(21)20(3)4/h5-12H,1-4H3. The molecule has 0 aromatic heterocycles. The summed E-state index contributed by atoms with van der Waals surface area (Å²) in [5.74, 6) is 0.0244. The molecule has 0 N–H and O–H groups in total. The molecule has 0 heterocycles. The van der Waals surface area contributed by atoms with E-state index in [4.69, 9.17) is 0 Å². The lowest BCUT2D eigenvalue weighted by molar-refractivity contribution is 0.0827. The second-order valence-electron chi connectivity index (χ2n) is 5.66. The summed E-state index contributed by atoms with van der Waals surface area (Å²) in [5.41, 5.74) is 3.54. The number of rotatable bonds is 3. The van der Waals surface area contributed by atoms with Crippen molar-refractivity contribution in [2.24, 2.45) is 0 Å². The first kappa shape index (κ1) is 15.2. The van der Waals surface area contributed by atoms with Crippen LogP contribution in [-0.2, 0) is 0 Å². The van der Waals surface area contributed by atoms with E-state index in [2.05, 4.69) is 13.8 Å². The van der Waals surface area contributed by atoms with Gasteiger partial charge in [0.1, 0.15) is 5.82 Å². The van der Waals surface area contributed by atoms with Crippen LogP contribution >= 0.6 is 0 Å². The molecule has 0 saturated carbocycles. The maximum Gasteiger partial charge on any atom is 0.253 e. The summed E-state index contributed by atoms with van der Waals surface area (Å²) in [6.45, 7) is 4.17. The second-order valence-corrected chi connectivity index (χ2v) is 5.66. The summed E-state index contributed by atoms with van der Waals surface area (Å²) in [4.78, 5) is 13.4. The van der Waals surface area contributed by atoms with E-state index >= 15 is 0 Å².